The Hall–Kier alpha value is 0.367. The van der Waals surface area contributed by atoms with Gasteiger partial charge in [-0.15, -0.1) is 46.3 Å². The number of nitrogens with zero attached hydrogens (tertiary/aromatic N) is 2. The summed E-state index contributed by atoms with van der Waals surface area (Å²) in [5, 5.41) is 14.6. The van der Waals surface area contributed by atoms with Gasteiger partial charge < -0.3 is 33.6 Å². The second kappa shape index (κ2) is 39.1. The summed E-state index contributed by atoms with van der Waals surface area (Å²) < 4.78 is 22.6. The van der Waals surface area contributed by atoms with Crippen molar-refractivity contribution in [3.63, 3.8) is 0 Å². The fraction of sp³-hybridized carbons (Fsp3) is 0.263. The van der Waals surface area contributed by atoms with Crippen LogP contribution in [0.5, 0.6) is 23.0 Å². The Morgan fingerprint density at radius 1 is 0.660 bits per heavy atom. The molecule has 0 N–H and O–H groups in total. The molecule has 0 fully saturated rings. The third kappa shape index (κ3) is 23.2. The number of rotatable bonds is 4. The molecule has 6 rings (SSSR count). The molecule has 6 nitrogen and oxygen atoms in total. The average Bonchev–Trinajstić information content (AvgIpc) is 3.62. The summed E-state index contributed by atoms with van der Waals surface area (Å²) in [5.74, 6) is 3.15. The maximum atomic E-state index is 7.32. The summed E-state index contributed by atoms with van der Waals surface area (Å²) in [6, 6.07) is 37.3. The summed E-state index contributed by atoms with van der Waals surface area (Å²) in [5.41, 5.74) is 4.73. The van der Waals surface area contributed by atoms with Gasteiger partial charge >= 0.3 is 116 Å². The Morgan fingerprint density at radius 2 is 1.08 bits per heavy atom. The van der Waals surface area contributed by atoms with Gasteiger partial charge in [0, 0.05) is 77.5 Å². The number of hydrogen-bond acceptors (Lipinski definition) is 6. The van der Waals surface area contributed by atoms with Crippen molar-refractivity contribution in [3.05, 3.63) is 123 Å². The van der Waals surface area contributed by atoms with E-state index in [0.717, 1.165) is 28.6 Å². The maximum absolute atomic E-state index is 7.32. The minimum Gasteiger partial charge on any atom is -0.483 e. The molecule has 0 amide bonds. The van der Waals surface area contributed by atoms with Crippen molar-refractivity contribution < 1.29 is 174 Å². The van der Waals surface area contributed by atoms with E-state index in [0.29, 0.717) is 13.2 Å². The Morgan fingerprint density at radius 3 is 1.56 bits per heavy atom. The van der Waals surface area contributed by atoms with Gasteiger partial charge in [-0.1, -0.05) is 77.7 Å². The third-order valence-corrected chi connectivity index (χ3v) is 5.87. The molecule has 2 heterocycles. The van der Waals surface area contributed by atoms with Crippen LogP contribution in [-0.2, 0) is 61.5 Å². The molecule has 2 aliphatic heterocycles. The molecule has 12 heteroatoms. The van der Waals surface area contributed by atoms with Crippen molar-refractivity contribution in [2.75, 3.05) is 0 Å². The predicted molar refractivity (Wildman–Crippen MR) is 194 cm³/mol. The van der Waals surface area contributed by atoms with E-state index in [1.807, 2.05) is 107 Å². The molecule has 0 saturated carbocycles. The van der Waals surface area contributed by atoms with Gasteiger partial charge in [0.2, 0.25) is 0 Å². The molecule has 0 saturated heterocycles. The van der Waals surface area contributed by atoms with Crippen LogP contribution in [0.4, 0.5) is 0 Å². The van der Waals surface area contributed by atoms with Crippen molar-refractivity contribution in [1.29, 1.82) is 10.5 Å². The van der Waals surface area contributed by atoms with Crippen LogP contribution in [0.25, 0.3) is 0 Å². The molecule has 2 aliphatic rings. The first-order valence-electron chi connectivity index (χ1n) is 14.9. The first kappa shape index (κ1) is 62.4. The number of hydrogen-bond donors (Lipinski definition) is 0. The minimum atomic E-state index is 0. The van der Waals surface area contributed by atoms with Crippen LogP contribution in [0.3, 0.4) is 0 Å². The van der Waals surface area contributed by atoms with Gasteiger partial charge in [0.1, 0.15) is 11.5 Å². The third-order valence-electron chi connectivity index (χ3n) is 5.87. The summed E-state index contributed by atoms with van der Waals surface area (Å²) in [6.07, 6.45) is 0. The van der Waals surface area contributed by atoms with E-state index in [4.69, 9.17) is 29.3 Å². The van der Waals surface area contributed by atoms with Crippen LogP contribution in [0.2, 0.25) is 13.6 Å². The maximum Gasteiger partial charge on any atom is 1.00 e. The number of ether oxygens (including phenoxy) is 2. The molecule has 0 unspecified atom stereocenters. The SMILES string of the molecule is CB1OCc2[c-]c(Oc3ccccc3)ccc21.CB1OCc2cc(Oc3ccccc3)[c-]cc21.CC.CC.CC#N.CC#N.[CH3-].[CH3-].[Rb+].[Rb+].[Rh].[Rh]. The molecule has 2 radical (unpaired) electrons. The fourth-order valence-corrected chi connectivity index (χ4v) is 4.01. The Labute approximate surface area is 428 Å². The van der Waals surface area contributed by atoms with Gasteiger partial charge in [0.25, 0.3) is 13.8 Å². The second-order valence-corrected chi connectivity index (χ2v) is 8.72. The van der Waals surface area contributed by atoms with E-state index < -0.39 is 0 Å². The Kier molecular flexibility index (Phi) is 48.7. The number of para-hydroxylation sites is 2. The monoisotopic (exact) mass is 994 g/mol. The van der Waals surface area contributed by atoms with Crippen LogP contribution in [0.1, 0.15) is 52.7 Å². The summed E-state index contributed by atoms with van der Waals surface area (Å²) >= 11 is 0. The van der Waals surface area contributed by atoms with Gasteiger partial charge in [0.05, 0.1) is 12.1 Å². The second-order valence-electron chi connectivity index (χ2n) is 8.72. The largest absolute Gasteiger partial charge is 1.00 e. The van der Waals surface area contributed by atoms with E-state index in [1.165, 1.54) is 30.3 Å². The van der Waals surface area contributed by atoms with Crippen molar-refractivity contribution >= 4 is 24.8 Å². The quantitative estimate of drug-likeness (QED) is 0.231. The molecule has 0 atom stereocenters. The van der Waals surface area contributed by atoms with Crippen molar-refractivity contribution in [3.8, 4) is 35.1 Å². The first-order chi connectivity index (χ1) is 21.5. The smallest absolute Gasteiger partial charge is 0.483 e. The van der Waals surface area contributed by atoms with Gasteiger partial charge in [-0.2, -0.15) is 22.7 Å². The molecule has 50 heavy (non-hydrogen) atoms. The zero-order valence-corrected chi connectivity index (χ0v) is 45.0. The number of benzene rings is 4. The zero-order chi connectivity index (χ0) is 32.7. The van der Waals surface area contributed by atoms with E-state index >= 15 is 0 Å². The number of fused-ring (bicyclic) bond motifs is 2. The van der Waals surface area contributed by atoms with E-state index in [2.05, 4.69) is 31.8 Å². The molecular formula is C38H48B2N2O4Rb2Rh2-2. The van der Waals surface area contributed by atoms with Gasteiger partial charge in [-0.25, -0.2) is 0 Å². The molecule has 0 aromatic heterocycles. The van der Waals surface area contributed by atoms with E-state index in [1.54, 1.807) is 12.1 Å². The summed E-state index contributed by atoms with van der Waals surface area (Å²) in [7, 11) is 0. The van der Waals surface area contributed by atoms with Crippen molar-refractivity contribution in [1.82, 2.24) is 0 Å². The standard InChI is InChI=1S/2C14H12BO2.2C2H3N.2C2H6.2CH3.2Rb.2Rh/c2*1-15-14-8-7-13(9-11(14)10-16-15)17-12-5-3-2-4-6-12;2*1-2-3;2*1-2;;;;;;/h2-6,8-9H,10H2,1H3;2-8H,10H2,1H3;2*1H3;2*1-2H3;2*1H3;;;;/q2*-1;;;;;2*-1;2*+1;;. The molecule has 0 bridgehead atoms. The molecule has 0 aliphatic carbocycles. The van der Waals surface area contributed by atoms with Gasteiger partial charge in [0.15, 0.2) is 0 Å². The van der Waals surface area contributed by atoms with E-state index in [9.17, 15) is 0 Å². The van der Waals surface area contributed by atoms with Gasteiger partial charge in [-0.3, -0.25) is 0 Å². The van der Waals surface area contributed by atoms with Crippen molar-refractivity contribution in [2.45, 2.75) is 68.4 Å². The van der Waals surface area contributed by atoms with E-state index in [-0.39, 0.29) is 184 Å². The topological polar surface area (TPSA) is 84.5 Å². The molecule has 262 valence electrons. The molecular weight excluding hydrogens is 947 g/mol. The Balaban J connectivity index is -0.000000141. The average molecular weight is 995 g/mol. The van der Waals surface area contributed by atoms with Crippen LogP contribution >= 0.6 is 0 Å². The Bertz CT molecular complexity index is 1350. The van der Waals surface area contributed by atoms with Gasteiger partial charge in [-0.05, 0) is 24.3 Å². The van der Waals surface area contributed by atoms with Crippen LogP contribution < -0.4 is 137 Å². The fourth-order valence-electron chi connectivity index (χ4n) is 4.01. The zero-order valence-electron chi connectivity index (χ0n) is 31.8. The molecule has 0 spiro atoms. The summed E-state index contributed by atoms with van der Waals surface area (Å²) in [4.78, 5) is 0. The predicted octanol–water partition coefficient (Wildman–Crippen LogP) is 3.29. The molecule has 4 aromatic carbocycles. The normalized spacial score (nSPS) is 9.80. The minimum absolute atomic E-state index is 0. The van der Waals surface area contributed by atoms with Crippen molar-refractivity contribution in [2.24, 2.45) is 0 Å². The van der Waals surface area contributed by atoms with Crippen LogP contribution in [0.15, 0.2) is 84.9 Å². The van der Waals surface area contributed by atoms with Crippen LogP contribution in [0, 0.1) is 49.6 Å². The summed E-state index contributed by atoms with van der Waals surface area (Å²) in [6.45, 7) is 16.6. The van der Waals surface area contributed by atoms with Crippen LogP contribution in [-0.4, -0.2) is 13.8 Å². The number of nitriles is 2. The molecule has 4 aromatic rings. The first-order valence-corrected chi connectivity index (χ1v) is 14.9.